The first-order valence-electron chi connectivity index (χ1n) is 6.84. The molecule has 0 bridgehead atoms. The average Bonchev–Trinajstić information content (AvgIpc) is 2.37. The van der Waals surface area contributed by atoms with Gasteiger partial charge in [0.2, 0.25) is 0 Å². The normalized spacial score (nSPS) is 27.3. The molecule has 3 heteroatoms. The lowest BCUT2D eigenvalue weighted by atomic mass is 9.96. The Bertz CT molecular complexity index is 430. The highest BCUT2D eigenvalue weighted by atomic mass is 16.5. The summed E-state index contributed by atoms with van der Waals surface area (Å²) in [6, 6.07) is 9.24. The van der Waals surface area contributed by atoms with Crippen LogP contribution in [-0.2, 0) is 11.2 Å². The van der Waals surface area contributed by atoms with E-state index >= 15 is 0 Å². The van der Waals surface area contributed by atoms with Crippen molar-refractivity contribution in [2.45, 2.75) is 31.9 Å². The molecule has 1 saturated heterocycles. The second-order valence-electron chi connectivity index (χ2n) is 5.97. The number of hydrogen-bond acceptors (Lipinski definition) is 3. The number of anilines is 1. The lowest BCUT2D eigenvalue weighted by Gasteiger charge is -2.43. The van der Waals surface area contributed by atoms with Gasteiger partial charge in [0.15, 0.2) is 0 Å². The van der Waals surface area contributed by atoms with E-state index in [1.165, 1.54) is 11.3 Å². The maximum atomic E-state index is 5.79. The molecule has 3 rings (SSSR count). The number of ether oxygens (including phenoxy) is 1. The zero-order valence-corrected chi connectivity index (χ0v) is 11.3. The average molecular weight is 246 g/mol. The quantitative estimate of drug-likeness (QED) is 0.821. The fraction of sp³-hybridized carbons (Fsp3) is 0.600. The largest absolute Gasteiger partial charge is 0.383 e. The summed E-state index contributed by atoms with van der Waals surface area (Å²) in [5, 5.41) is 3.55. The molecule has 0 saturated carbocycles. The van der Waals surface area contributed by atoms with Gasteiger partial charge in [-0.15, -0.1) is 0 Å². The molecule has 1 fully saturated rings. The van der Waals surface area contributed by atoms with Crippen LogP contribution in [0.2, 0.25) is 0 Å². The van der Waals surface area contributed by atoms with Crippen molar-refractivity contribution in [3.63, 3.8) is 0 Å². The summed E-state index contributed by atoms with van der Waals surface area (Å²) in [5.41, 5.74) is 2.74. The lowest BCUT2D eigenvalue weighted by molar-refractivity contribution is -0.0959. The number of nitrogens with one attached hydrogen (secondary N) is 1. The van der Waals surface area contributed by atoms with Crippen LogP contribution in [0, 0.1) is 0 Å². The third kappa shape index (κ3) is 2.38. The first-order chi connectivity index (χ1) is 8.64. The van der Waals surface area contributed by atoms with Gasteiger partial charge in [0, 0.05) is 31.4 Å². The van der Waals surface area contributed by atoms with E-state index in [9.17, 15) is 0 Å². The smallest absolute Gasteiger partial charge is 0.0753 e. The summed E-state index contributed by atoms with van der Waals surface area (Å²) < 4.78 is 5.79. The maximum Gasteiger partial charge on any atom is 0.0753 e. The van der Waals surface area contributed by atoms with Crippen molar-refractivity contribution in [3.05, 3.63) is 29.8 Å². The van der Waals surface area contributed by atoms with Gasteiger partial charge in [0.1, 0.15) is 0 Å². The molecule has 1 aromatic rings. The Morgan fingerprint density at radius 1 is 1.33 bits per heavy atom. The topological polar surface area (TPSA) is 24.5 Å². The molecule has 0 aromatic heterocycles. The third-order valence-corrected chi connectivity index (χ3v) is 3.97. The molecular weight excluding hydrogens is 224 g/mol. The maximum absolute atomic E-state index is 5.79. The monoisotopic (exact) mass is 246 g/mol. The van der Waals surface area contributed by atoms with Crippen LogP contribution < -0.4 is 5.32 Å². The van der Waals surface area contributed by atoms with E-state index in [4.69, 9.17) is 4.74 Å². The Hall–Kier alpha value is -1.06. The molecule has 1 N–H and O–H groups in total. The molecule has 2 heterocycles. The number of fused-ring (bicyclic) bond motifs is 1. The van der Waals surface area contributed by atoms with Gasteiger partial charge in [-0.05, 0) is 31.9 Å². The van der Waals surface area contributed by atoms with Crippen LogP contribution in [0.25, 0.3) is 0 Å². The predicted octanol–water partition coefficient (Wildman–Crippen LogP) is 2.13. The minimum atomic E-state index is -0.00475. The van der Waals surface area contributed by atoms with E-state index in [2.05, 4.69) is 48.3 Å². The Morgan fingerprint density at radius 3 is 3.00 bits per heavy atom. The van der Waals surface area contributed by atoms with Crippen molar-refractivity contribution in [2.24, 2.45) is 0 Å². The van der Waals surface area contributed by atoms with Gasteiger partial charge < -0.3 is 10.1 Å². The van der Waals surface area contributed by atoms with Gasteiger partial charge in [0.25, 0.3) is 0 Å². The molecule has 0 radical (unpaired) electrons. The van der Waals surface area contributed by atoms with Gasteiger partial charge in [-0.3, -0.25) is 4.90 Å². The highest BCUT2D eigenvalue weighted by Crippen LogP contribution is 2.26. The third-order valence-electron chi connectivity index (χ3n) is 3.97. The van der Waals surface area contributed by atoms with E-state index in [0.29, 0.717) is 6.04 Å². The summed E-state index contributed by atoms with van der Waals surface area (Å²) in [6.45, 7) is 8.35. The highest BCUT2D eigenvalue weighted by Gasteiger charge is 2.32. The summed E-state index contributed by atoms with van der Waals surface area (Å²) in [7, 11) is 0. The molecule has 1 unspecified atom stereocenters. The second kappa shape index (κ2) is 4.56. The van der Waals surface area contributed by atoms with Gasteiger partial charge in [-0.1, -0.05) is 18.2 Å². The van der Waals surface area contributed by atoms with Crippen LogP contribution in [-0.4, -0.2) is 42.8 Å². The Balaban J connectivity index is 1.72. The van der Waals surface area contributed by atoms with Crippen molar-refractivity contribution >= 4 is 5.69 Å². The summed E-state index contributed by atoms with van der Waals surface area (Å²) in [5.74, 6) is 0. The number of benzene rings is 1. The zero-order valence-electron chi connectivity index (χ0n) is 11.3. The van der Waals surface area contributed by atoms with Crippen LogP contribution in [0.4, 0.5) is 5.69 Å². The van der Waals surface area contributed by atoms with E-state index in [-0.39, 0.29) is 5.60 Å². The van der Waals surface area contributed by atoms with Crippen molar-refractivity contribution in [1.82, 2.24) is 4.90 Å². The van der Waals surface area contributed by atoms with Gasteiger partial charge in [-0.25, -0.2) is 0 Å². The Labute approximate surface area is 109 Å². The van der Waals surface area contributed by atoms with Crippen LogP contribution in [0.15, 0.2) is 24.3 Å². The van der Waals surface area contributed by atoms with E-state index in [1.807, 2.05) is 0 Å². The Morgan fingerprint density at radius 2 is 2.17 bits per heavy atom. The fourth-order valence-electron chi connectivity index (χ4n) is 3.05. The van der Waals surface area contributed by atoms with Crippen molar-refractivity contribution in [3.8, 4) is 0 Å². The van der Waals surface area contributed by atoms with Crippen LogP contribution in [0.1, 0.15) is 19.4 Å². The molecule has 0 amide bonds. The SMILES string of the molecule is CC1(C)CN(C2CNc3ccccc3C2)CCO1. The standard InChI is InChI=1S/C15H22N2O/c1-15(2)11-17(7-8-18-15)13-9-12-5-3-4-6-14(12)16-10-13/h3-6,13,16H,7-11H2,1-2H3. The first-order valence-corrected chi connectivity index (χ1v) is 6.84. The van der Waals surface area contributed by atoms with Crippen LogP contribution in [0.3, 0.4) is 0 Å². The van der Waals surface area contributed by atoms with Gasteiger partial charge in [0.05, 0.1) is 12.2 Å². The molecule has 3 nitrogen and oxygen atoms in total. The number of morpholine rings is 1. The summed E-state index contributed by atoms with van der Waals surface area (Å²) >= 11 is 0. The van der Waals surface area contributed by atoms with E-state index in [0.717, 1.165) is 32.7 Å². The van der Waals surface area contributed by atoms with Gasteiger partial charge in [-0.2, -0.15) is 0 Å². The van der Waals surface area contributed by atoms with Crippen molar-refractivity contribution in [1.29, 1.82) is 0 Å². The minimum absolute atomic E-state index is 0.00475. The first kappa shape index (κ1) is 12.0. The fourth-order valence-corrected chi connectivity index (χ4v) is 3.05. The molecule has 1 atom stereocenters. The number of rotatable bonds is 1. The summed E-state index contributed by atoms with van der Waals surface area (Å²) in [4.78, 5) is 2.58. The molecule has 0 aliphatic carbocycles. The van der Waals surface area contributed by atoms with Gasteiger partial charge >= 0.3 is 0 Å². The van der Waals surface area contributed by atoms with Crippen molar-refractivity contribution in [2.75, 3.05) is 31.6 Å². The second-order valence-corrected chi connectivity index (χ2v) is 5.97. The Kier molecular flexibility index (Phi) is 3.04. The van der Waals surface area contributed by atoms with E-state index < -0.39 is 0 Å². The molecule has 2 aliphatic rings. The minimum Gasteiger partial charge on any atom is -0.383 e. The molecule has 2 aliphatic heterocycles. The van der Waals surface area contributed by atoms with E-state index in [1.54, 1.807) is 0 Å². The molecule has 1 aromatic carbocycles. The number of para-hydroxylation sites is 1. The summed E-state index contributed by atoms with van der Waals surface area (Å²) in [6.07, 6.45) is 1.15. The molecule has 98 valence electrons. The lowest BCUT2D eigenvalue weighted by Crippen LogP contribution is -2.55. The van der Waals surface area contributed by atoms with Crippen LogP contribution >= 0.6 is 0 Å². The predicted molar refractivity (Wildman–Crippen MR) is 74.0 cm³/mol. The molecular formula is C15H22N2O. The number of hydrogen-bond donors (Lipinski definition) is 1. The highest BCUT2D eigenvalue weighted by molar-refractivity contribution is 5.53. The number of nitrogens with zero attached hydrogens (tertiary/aromatic N) is 1. The molecule has 18 heavy (non-hydrogen) atoms. The van der Waals surface area contributed by atoms with Crippen LogP contribution in [0.5, 0.6) is 0 Å². The molecule has 0 spiro atoms. The van der Waals surface area contributed by atoms with Crippen molar-refractivity contribution < 1.29 is 4.74 Å². The zero-order chi connectivity index (χ0) is 12.6.